The normalized spacial score (nSPS) is 29.4. The second-order valence-corrected chi connectivity index (χ2v) is 7.60. The first-order valence-electron chi connectivity index (χ1n) is 7.89. The Morgan fingerprint density at radius 2 is 2.00 bits per heavy atom. The number of hydrogen-bond donors (Lipinski definition) is 1. The van der Waals surface area contributed by atoms with E-state index in [4.69, 9.17) is 4.74 Å². The third kappa shape index (κ3) is 3.14. The highest BCUT2D eigenvalue weighted by Crippen LogP contribution is 2.57. The van der Waals surface area contributed by atoms with Gasteiger partial charge in [0.2, 0.25) is 0 Å². The van der Waals surface area contributed by atoms with Crippen molar-refractivity contribution >= 4 is 0 Å². The van der Waals surface area contributed by atoms with Gasteiger partial charge in [0.15, 0.2) is 0 Å². The Labute approximate surface area is 119 Å². The molecule has 0 saturated heterocycles. The summed E-state index contributed by atoms with van der Waals surface area (Å²) >= 11 is 0. The van der Waals surface area contributed by atoms with Crippen LogP contribution in [-0.4, -0.2) is 50.8 Å². The maximum atomic E-state index is 5.91. The number of rotatable bonds is 7. The molecule has 0 aliphatic heterocycles. The molecule has 3 heteroatoms. The first-order valence-corrected chi connectivity index (χ1v) is 7.89. The lowest BCUT2D eigenvalue weighted by Crippen LogP contribution is -2.67. The Hall–Kier alpha value is -0.120. The smallest absolute Gasteiger partial charge is 0.0661 e. The van der Waals surface area contributed by atoms with Crippen LogP contribution in [0.3, 0.4) is 0 Å². The van der Waals surface area contributed by atoms with Crippen LogP contribution in [-0.2, 0) is 4.74 Å². The highest BCUT2D eigenvalue weighted by Gasteiger charge is 2.58. The Bertz CT molecular complexity index is 297. The van der Waals surface area contributed by atoms with Crippen molar-refractivity contribution in [2.24, 2.45) is 10.8 Å². The highest BCUT2D eigenvalue weighted by atomic mass is 16.5. The van der Waals surface area contributed by atoms with Crippen LogP contribution in [0.5, 0.6) is 0 Å². The lowest BCUT2D eigenvalue weighted by Gasteiger charge is -2.61. The minimum absolute atomic E-state index is 0.338. The third-order valence-corrected chi connectivity index (χ3v) is 5.01. The molecular formula is C16H32N2O. The predicted molar refractivity (Wildman–Crippen MR) is 80.4 cm³/mol. The maximum absolute atomic E-state index is 5.91. The summed E-state index contributed by atoms with van der Waals surface area (Å²) in [5.74, 6) is 0. The van der Waals surface area contributed by atoms with E-state index in [2.05, 4.69) is 45.1 Å². The zero-order valence-corrected chi connectivity index (χ0v) is 13.5. The van der Waals surface area contributed by atoms with Crippen molar-refractivity contribution in [2.75, 3.05) is 33.8 Å². The summed E-state index contributed by atoms with van der Waals surface area (Å²) in [6, 6.07) is 0.694. The van der Waals surface area contributed by atoms with Crippen molar-refractivity contribution in [1.82, 2.24) is 10.2 Å². The summed E-state index contributed by atoms with van der Waals surface area (Å²) in [6.45, 7) is 9.93. The van der Waals surface area contributed by atoms with Gasteiger partial charge in [0.1, 0.15) is 0 Å². The summed E-state index contributed by atoms with van der Waals surface area (Å²) in [6.07, 6.45) is 5.86. The van der Waals surface area contributed by atoms with Crippen molar-refractivity contribution < 1.29 is 4.74 Å². The van der Waals surface area contributed by atoms with Crippen LogP contribution in [0.1, 0.15) is 46.5 Å². The molecule has 0 bridgehead atoms. The molecule has 2 unspecified atom stereocenters. The van der Waals surface area contributed by atoms with Gasteiger partial charge in [-0.2, -0.15) is 0 Å². The van der Waals surface area contributed by atoms with Crippen molar-refractivity contribution in [3.8, 4) is 0 Å². The van der Waals surface area contributed by atoms with Crippen molar-refractivity contribution in [2.45, 2.75) is 58.6 Å². The number of nitrogens with zero attached hydrogens (tertiary/aromatic N) is 1. The fourth-order valence-electron chi connectivity index (χ4n) is 4.04. The van der Waals surface area contributed by atoms with Crippen LogP contribution >= 0.6 is 0 Å². The van der Waals surface area contributed by atoms with Gasteiger partial charge in [-0.25, -0.2) is 0 Å². The summed E-state index contributed by atoms with van der Waals surface area (Å²) in [4.78, 5) is 2.28. The first-order chi connectivity index (χ1) is 8.89. The predicted octanol–water partition coefficient (Wildman–Crippen LogP) is 2.51. The number of ether oxygens (including phenoxy) is 1. The molecule has 1 N–H and O–H groups in total. The first kappa shape index (κ1) is 15.3. The molecule has 3 nitrogen and oxygen atoms in total. The van der Waals surface area contributed by atoms with Crippen LogP contribution in [0, 0.1) is 10.8 Å². The van der Waals surface area contributed by atoms with E-state index < -0.39 is 0 Å². The van der Waals surface area contributed by atoms with Crippen molar-refractivity contribution in [3.05, 3.63) is 0 Å². The SMILES string of the molecule is CCOC1CC(NCC(C)(C)CN(C)C)C12CCC2. The van der Waals surface area contributed by atoms with Crippen LogP contribution in [0.25, 0.3) is 0 Å². The molecule has 2 rings (SSSR count). The zero-order valence-electron chi connectivity index (χ0n) is 13.5. The monoisotopic (exact) mass is 268 g/mol. The van der Waals surface area contributed by atoms with Gasteiger partial charge in [-0.3, -0.25) is 0 Å². The molecule has 0 heterocycles. The van der Waals surface area contributed by atoms with Gasteiger partial charge >= 0.3 is 0 Å². The van der Waals surface area contributed by atoms with E-state index in [0.717, 1.165) is 19.7 Å². The van der Waals surface area contributed by atoms with Crippen LogP contribution < -0.4 is 5.32 Å². The summed E-state index contributed by atoms with van der Waals surface area (Å²) in [7, 11) is 4.31. The van der Waals surface area contributed by atoms with Crippen LogP contribution in [0.15, 0.2) is 0 Å². The molecule has 2 aliphatic carbocycles. The van der Waals surface area contributed by atoms with Gasteiger partial charge in [0.25, 0.3) is 0 Å². The molecule has 0 aromatic heterocycles. The average Bonchev–Trinajstić information content (AvgIpc) is 2.17. The lowest BCUT2D eigenvalue weighted by atomic mass is 9.51. The van der Waals surface area contributed by atoms with E-state index in [0.29, 0.717) is 23.0 Å². The molecule has 1 spiro atoms. The summed E-state index contributed by atoms with van der Waals surface area (Å²) in [5.41, 5.74) is 0.829. The van der Waals surface area contributed by atoms with Gasteiger partial charge < -0.3 is 15.0 Å². The van der Waals surface area contributed by atoms with E-state index in [1.165, 1.54) is 25.7 Å². The van der Waals surface area contributed by atoms with E-state index in [1.807, 2.05) is 0 Å². The Morgan fingerprint density at radius 3 is 2.47 bits per heavy atom. The van der Waals surface area contributed by atoms with Gasteiger partial charge in [-0.1, -0.05) is 20.3 Å². The number of hydrogen-bond acceptors (Lipinski definition) is 3. The topological polar surface area (TPSA) is 24.5 Å². The lowest BCUT2D eigenvalue weighted by molar-refractivity contribution is -0.173. The molecule has 2 fully saturated rings. The molecule has 2 atom stereocenters. The van der Waals surface area contributed by atoms with Crippen molar-refractivity contribution in [1.29, 1.82) is 0 Å². The Balaban J connectivity index is 1.81. The molecule has 2 aliphatic rings. The Morgan fingerprint density at radius 1 is 1.32 bits per heavy atom. The fourth-order valence-corrected chi connectivity index (χ4v) is 4.04. The van der Waals surface area contributed by atoms with Gasteiger partial charge in [-0.15, -0.1) is 0 Å². The molecule has 19 heavy (non-hydrogen) atoms. The highest BCUT2D eigenvalue weighted by molar-refractivity contribution is 5.12. The van der Waals surface area contributed by atoms with Crippen LogP contribution in [0.4, 0.5) is 0 Å². The van der Waals surface area contributed by atoms with Crippen LogP contribution in [0.2, 0.25) is 0 Å². The van der Waals surface area contributed by atoms with E-state index in [-0.39, 0.29) is 0 Å². The third-order valence-electron chi connectivity index (χ3n) is 5.01. The summed E-state index contributed by atoms with van der Waals surface area (Å²) < 4.78 is 5.91. The minimum atomic E-state index is 0.338. The Kier molecular flexibility index (Phi) is 4.59. The molecule has 2 saturated carbocycles. The van der Waals surface area contributed by atoms with E-state index in [1.54, 1.807) is 0 Å². The van der Waals surface area contributed by atoms with E-state index in [9.17, 15) is 0 Å². The molecular weight excluding hydrogens is 236 g/mol. The van der Waals surface area contributed by atoms with Gasteiger partial charge in [0.05, 0.1) is 6.10 Å². The molecule has 0 aromatic rings. The second kappa shape index (κ2) is 5.71. The summed E-state index contributed by atoms with van der Waals surface area (Å²) in [5, 5.41) is 3.84. The largest absolute Gasteiger partial charge is 0.378 e. The van der Waals surface area contributed by atoms with E-state index >= 15 is 0 Å². The van der Waals surface area contributed by atoms with Crippen molar-refractivity contribution in [3.63, 3.8) is 0 Å². The zero-order chi connectivity index (χ0) is 14.1. The second-order valence-electron chi connectivity index (χ2n) is 7.60. The quantitative estimate of drug-likeness (QED) is 0.768. The standard InChI is InChI=1S/C16H32N2O/c1-6-19-14-10-13(16(14)8-7-9-16)17-11-15(2,3)12-18(4)5/h13-14,17H,6-12H2,1-5H3. The molecule has 0 aromatic carbocycles. The molecule has 0 amide bonds. The molecule has 112 valence electrons. The number of nitrogens with one attached hydrogen (secondary N) is 1. The maximum Gasteiger partial charge on any atom is 0.0661 e. The average molecular weight is 268 g/mol. The van der Waals surface area contributed by atoms with Gasteiger partial charge in [-0.05, 0) is 45.7 Å². The minimum Gasteiger partial charge on any atom is -0.378 e. The van der Waals surface area contributed by atoms with Gasteiger partial charge in [0, 0.05) is 31.2 Å². The molecule has 0 radical (unpaired) electrons. The fraction of sp³-hybridized carbons (Fsp3) is 1.00.